The van der Waals surface area contributed by atoms with Crippen LogP contribution in [0.5, 0.6) is 0 Å². The van der Waals surface area contributed by atoms with Crippen LogP contribution < -0.4 is 0 Å². The van der Waals surface area contributed by atoms with Gasteiger partial charge in [0.15, 0.2) is 11.6 Å². The molecule has 0 radical (unpaired) electrons. The number of ketones is 2. The maximum absolute atomic E-state index is 14.7. The van der Waals surface area contributed by atoms with Crippen LogP contribution in [-0.4, -0.2) is 113 Å². The van der Waals surface area contributed by atoms with Crippen LogP contribution in [0.3, 0.4) is 0 Å². The van der Waals surface area contributed by atoms with E-state index in [2.05, 4.69) is 27.7 Å². The summed E-state index contributed by atoms with van der Waals surface area (Å²) in [5, 5.41) is 69.6. The Morgan fingerprint density at radius 2 is 0.986 bits per heavy atom. The van der Waals surface area contributed by atoms with Crippen LogP contribution in [0.1, 0.15) is 132 Å². The van der Waals surface area contributed by atoms with E-state index in [1.165, 1.54) is 36.1 Å². The minimum absolute atomic E-state index is 0.0195. The standard InChI is InChI=1S/C56H78O12S/c1-27-21-41(67-49(63)33(27)25-57)29(3)35-9-11-37-31-23-47(55(65)45(61)15-13-43(59)53(55,7)39(31)17-19-51(35,37)5)69-48-24-32-38-12-10-36(30(4)42-22-28(2)34(26-58)50(64)68-42)52(38,6)20-18-40(32)54(8)44(60)14-16-46(62)56(48,54)66/h13-16,29-32,35-42,45-48,57-58,61-62,65-66H,9-12,17-26H2,1-8H3/t29-,30-,31?,32?,35+,36+,37?,38?,39?,40?,41+,42+,45-,46-,47-,48-,51+,52+,53-,54-,55+,56+/m0/s1. The number of carbonyl (C=O) groups is 4. The number of allylic oxidation sites excluding steroid dienone is 2. The highest BCUT2D eigenvalue weighted by atomic mass is 32.2. The van der Waals surface area contributed by atoms with Gasteiger partial charge in [-0.2, -0.15) is 0 Å². The quantitative estimate of drug-likeness (QED) is 0.146. The van der Waals surface area contributed by atoms with Crippen molar-refractivity contribution in [1.82, 2.24) is 0 Å². The van der Waals surface area contributed by atoms with Gasteiger partial charge < -0.3 is 40.1 Å². The molecule has 10 rings (SSSR count). The van der Waals surface area contributed by atoms with Crippen molar-refractivity contribution in [2.75, 3.05) is 13.2 Å². The van der Waals surface area contributed by atoms with Crippen molar-refractivity contribution in [1.29, 1.82) is 0 Å². The predicted molar refractivity (Wildman–Crippen MR) is 259 cm³/mol. The molecule has 0 aromatic rings. The summed E-state index contributed by atoms with van der Waals surface area (Å²) in [6.07, 6.45) is 11.1. The molecule has 69 heavy (non-hydrogen) atoms. The summed E-state index contributed by atoms with van der Waals surface area (Å²) in [5.41, 5.74) is -4.48. The lowest BCUT2D eigenvalue weighted by molar-refractivity contribution is -0.218. The van der Waals surface area contributed by atoms with E-state index < -0.39 is 56.7 Å². The number of thioether (sulfide) groups is 1. The summed E-state index contributed by atoms with van der Waals surface area (Å²) >= 11 is 1.40. The second-order valence-electron chi connectivity index (χ2n) is 25.0. The normalized spacial score (nSPS) is 51.2. The molecule has 6 N–H and O–H groups in total. The zero-order valence-electron chi connectivity index (χ0n) is 42.0. The average Bonchev–Trinajstić information content (AvgIpc) is 3.85. The predicted octanol–water partition coefficient (Wildman–Crippen LogP) is 6.38. The molecule has 0 saturated heterocycles. The molecule has 2 aliphatic heterocycles. The third kappa shape index (κ3) is 6.60. The molecule has 8 aliphatic carbocycles. The van der Waals surface area contributed by atoms with E-state index in [9.17, 15) is 49.8 Å². The van der Waals surface area contributed by atoms with Crippen LogP contribution in [0.2, 0.25) is 0 Å². The van der Waals surface area contributed by atoms with Crippen LogP contribution in [0.4, 0.5) is 0 Å². The summed E-state index contributed by atoms with van der Waals surface area (Å²) < 4.78 is 12.1. The number of ether oxygens (including phenoxy) is 2. The Morgan fingerprint density at radius 3 is 1.33 bits per heavy atom. The molecule has 0 aromatic heterocycles. The van der Waals surface area contributed by atoms with Gasteiger partial charge in [-0.15, -0.1) is 11.8 Å². The molecule has 0 spiro atoms. The molecular weight excluding hydrogens is 897 g/mol. The van der Waals surface area contributed by atoms with Crippen molar-refractivity contribution in [2.45, 2.75) is 179 Å². The molecule has 10 aliphatic rings. The molecule has 6 unspecified atom stereocenters. The van der Waals surface area contributed by atoms with Gasteiger partial charge >= 0.3 is 11.9 Å². The molecule has 380 valence electrons. The highest BCUT2D eigenvalue weighted by molar-refractivity contribution is 8.00. The molecule has 22 atom stereocenters. The van der Waals surface area contributed by atoms with E-state index in [0.717, 1.165) is 49.7 Å². The molecule has 12 nitrogen and oxygen atoms in total. The Bertz CT molecular complexity index is 2150. The van der Waals surface area contributed by atoms with Crippen molar-refractivity contribution in [3.05, 3.63) is 46.6 Å². The van der Waals surface area contributed by atoms with E-state index >= 15 is 0 Å². The first-order valence-corrected chi connectivity index (χ1v) is 27.3. The molecule has 0 aromatic carbocycles. The fourth-order valence-corrected chi connectivity index (χ4v) is 21.3. The summed E-state index contributed by atoms with van der Waals surface area (Å²) in [6, 6.07) is 0. The molecule has 6 saturated carbocycles. The lowest BCUT2D eigenvalue weighted by Crippen LogP contribution is -2.75. The number of rotatable bonds is 8. The zero-order valence-corrected chi connectivity index (χ0v) is 42.8. The maximum Gasteiger partial charge on any atom is 0.336 e. The lowest BCUT2D eigenvalue weighted by Gasteiger charge is -2.67. The van der Waals surface area contributed by atoms with E-state index in [0.29, 0.717) is 49.7 Å². The highest BCUT2D eigenvalue weighted by Gasteiger charge is 2.75. The number of fused-ring (bicyclic) bond motifs is 10. The van der Waals surface area contributed by atoms with E-state index in [4.69, 9.17) is 9.47 Å². The Labute approximate surface area is 412 Å². The molecule has 0 bridgehead atoms. The Kier molecular flexibility index (Phi) is 12.3. The smallest absolute Gasteiger partial charge is 0.336 e. The van der Waals surface area contributed by atoms with Gasteiger partial charge in [-0.3, -0.25) is 9.59 Å². The Balaban J connectivity index is 0.992. The topological polar surface area (TPSA) is 208 Å². The third-order valence-corrected chi connectivity index (χ3v) is 24.8. The van der Waals surface area contributed by atoms with Crippen LogP contribution >= 0.6 is 11.8 Å². The number of cyclic esters (lactones) is 2. The van der Waals surface area contributed by atoms with Gasteiger partial charge in [0, 0.05) is 23.3 Å². The number of hydrogen-bond donors (Lipinski definition) is 6. The minimum Gasteiger partial charge on any atom is -0.458 e. The average molecular weight is 975 g/mol. The van der Waals surface area contributed by atoms with Crippen molar-refractivity contribution < 1.29 is 59.3 Å². The largest absolute Gasteiger partial charge is 0.458 e. The fourth-order valence-electron chi connectivity index (χ4n) is 19.1. The summed E-state index contributed by atoms with van der Waals surface area (Å²) in [6.45, 7) is 15.9. The molecule has 6 fully saturated rings. The van der Waals surface area contributed by atoms with E-state index in [1.807, 2.05) is 27.7 Å². The summed E-state index contributed by atoms with van der Waals surface area (Å²) in [4.78, 5) is 55.4. The first-order valence-electron chi connectivity index (χ1n) is 26.4. The van der Waals surface area contributed by atoms with Crippen molar-refractivity contribution >= 4 is 35.3 Å². The second kappa shape index (κ2) is 17.0. The number of hydrogen-bond acceptors (Lipinski definition) is 13. The van der Waals surface area contributed by atoms with Gasteiger partial charge in [0.2, 0.25) is 0 Å². The van der Waals surface area contributed by atoms with Crippen LogP contribution in [0.15, 0.2) is 46.6 Å². The number of carbonyl (C=O) groups excluding carboxylic acids is 4. The summed E-state index contributed by atoms with van der Waals surface area (Å²) in [5.74, 6) is -0.993. The van der Waals surface area contributed by atoms with Gasteiger partial charge in [-0.25, -0.2) is 9.59 Å². The third-order valence-electron chi connectivity index (χ3n) is 23.0. The number of aliphatic hydroxyl groups is 6. The first kappa shape index (κ1) is 49.9. The lowest BCUT2D eigenvalue weighted by atomic mass is 9.42. The van der Waals surface area contributed by atoms with Gasteiger partial charge in [0.25, 0.3) is 0 Å². The minimum atomic E-state index is -1.91. The van der Waals surface area contributed by atoms with Gasteiger partial charge in [-0.05, 0) is 186 Å². The van der Waals surface area contributed by atoms with Crippen molar-refractivity contribution in [2.24, 2.45) is 80.8 Å². The van der Waals surface area contributed by atoms with E-state index in [-0.39, 0.29) is 107 Å². The van der Waals surface area contributed by atoms with Gasteiger partial charge in [-0.1, -0.05) is 38.8 Å². The molecule has 13 heteroatoms. The summed E-state index contributed by atoms with van der Waals surface area (Å²) in [7, 11) is 0. The van der Waals surface area contributed by atoms with E-state index in [1.54, 1.807) is 0 Å². The molecule has 0 amide bonds. The van der Waals surface area contributed by atoms with Crippen molar-refractivity contribution in [3.8, 4) is 0 Å². The Hall–Kier alpha value is -2.65. The first-order chi connectivity index (χ1) is 32.5. The van der Waals surface area contributed by atoms with Gasteiger partial charge in [0.1, 0.15) is 35.6 Å². The Morgan fingerprint density at radius 1 is 0.609 bits per heavy atom. The SMILES string of the molecule is CC1=C(CO)C(=O)O[C@@H]([C@@H](C)[C@H]2CCC3C4C[C@H](S[C@H]5CC6C7CC[C@H]([C@H](C)[C@H]8CC(C)=C(CO)C(=O)O8)[C@@]7(C)CCC6[C@@]6(C)C(=O)C=C[C@H](O)[C@@]56O)[C@]5(O)[C@@H](O)C=CC(=O)[C@]5(C)C4CC[C@@]32C)C1. The van der Waals surface area contributed by atoms with Crippen molar-refractivity contribution in [3.63, 3.8) is 0 Å². The van der Waals surface area contributed by atoms with Gasteiger partial charge in [0.05, 0.1) is 35.2 Å². The fraction of sp³-hybridized carbons (Fsp3) is 0.786. The maximum atomic E-state index is 14.7. The zero-order chi connectivity index (χ0) is 49.7. The highest BCUT2D eigenvalue weighted by Crippen LogP contribution is 2.73. The monoisotopic (exact) mass is 975 g/mol. The molecule has 2 heterocycles. The van der Waals surface area contributed by atoms with Crippen LogP contribution in [0, 0.1) is 80.8 Å². The number of esters is 2. The molecular formula is C56H78O12S. The van der Waals surface area contributed by atoms with Crippen LogP contribution in [-0.2, 0) is 28.7 Å². The second-order valence-corrected chi connectivity index (χ2v) is 26.4. The van der Waals surface area contributed by atoms with Crippen LogP contribution in [0.25, 0.3) is 0 Å². The number of aliphatic hydroxyl groups excluding tert-OH is 4.